The first kappa shape index (κ1) is 17.1. The first-order valence-electron chi connectivity index (χ1n) is 8.53. The summed E-state index contributed by atoms with van der Waals surface area (Å²) in [6.45, 7) is 0. The van der Waals surface area contributed by atoms with E-state index in [1.165, 1.54) is 28.1 Å². The van der Waals surface area contributed by atoms with Crippen LogP contribution in [0.25, 0.3) is 10.8 Å². The van der Waals surface area contributed by atoms with Crippen LogP contribution in [0, 0.1) is 11.3 Å². The number of aromatic nitrogens is 3. The molecule has 0 spiro atoms. The number of nitrogens with zero attached hydrogens (tertiary/aromatic N) is 4. The number of rotatable bonds is 5. The first-order valence-corrected chi connectivity index (χ1v) is 9.51. The molecule has 0 amide bonds. The highest BCUT2D eigenvalue weighted by molar-refractivity contribution is 7.98. The van der Waals surface area contributed by atoms with Crippen LogP contribution in [0.5, 0.6) is 0 Å². The minimum absolute atomic E-state index is 0.611. The van der Waals surface area contributed by atoms with Gasteiger partial charge in [0.2, 0.25) is 5.16 Å². The lowest BCUT2D eigenvalue weighted by atomic mass is 10.0. The summed E-state index contributed by atoms with van der Waals surface area (Å²) in [6, 6.07) is 24.3. The fourth-order valence-electron chi connectivity index (χ4n) is 3.04. The second-order valence-electron chi connectivity index (χ2n) is 6.14. The number of nitrogen functional groups attached to an aromatic ring is 1. The van der Waals surface area contributed by atoms with Gasteiger partial charge in [-0.15, -0.1) is 10.2 Å². The number of benzene rings is 3. The third kappa shape index (κ3) is 3.50. The summed E-state index contributed by atoms with van der Waals surface area (Å²) < 4.78 is 1.54. The van der Waals surface area contributed by atoms with Gasteiger partial charge in [-0.1, -0.05) is 72.4 Å². The number of nitrogens with two attached hydrogens (primary N) is 1. The van der Waals surface area contributed by atoms with Crippen molar-refractivity contribution in [2.45, 2.75) is 17.3 Å². The smallest absolute Gasteiger partial charge is 0.210 e. The van der Waals surface area contributed by atoms with E-state index in [0.29, 0.717) is 28.7 Å². The zero-order valence-electron chi connectivity index (χ0n) is 14.5. The Kier molecular flexibility index (Phi) is 4.77. The summed E-state index contributed by atoms with van der Waals surface area (Å²) in [5, 5.41) is 20.7. The highest BCUT2D eigenvalue weighted by Gasteiger charge is 2.13. The minimum Gasteiger partial charge on any atom is -0.336 e. The predicted molar refractivity (Wildman–Crippen MR) is 108 cm³/mol. The van der Waals surface area contributed by atoms with E-state index < -0.39 is 0 Å². The molecule has 0 fully saturated rings. The Morgan fingerprint density at radius 1 is 0.926 bits per heavy atom. The number of fused-ring (bicyclic) bond motifs is 1. The van der Waals surface area contributed by atoms with Gasteiger partial charge < -0.3 is 5.84 Å². The van der Waals surface area contributed by atoms with Crippen LogP contribution in [0.15, 0.2) is 71.9 Å². The van der Waals surface area contributed by atoms with Crippen molar-refractivity contribution >= 4 is 22.5 Å². The Morgan fingerprint density at radius 2 is 1.67 bits per heavy atom. The van der Waals surface area contributed by atoms with Gasteiger partial charge in [0.05, 0.1) is 11.6 Å². The SMILES string of the molecule is N#Cc1ccccc1CSc1nnc(Cc2cccc3ccccc23)n1N. The second-order valence-corrected chi connectivity index (χ2v) is 7.08. The molecule has 4 rings (SSSR count). The molecule has 0 aliphatic rings. The van der Waals surface area contributed by atoms with Crippen molar-refractivity contribution in [3.8, 4) is 6.07 Å². The highest BCUT2D eigenvalue weighted by atomic mass is 32.2. The molecule has 0 atom stereocenters. The second kappa shape index (κ2) is 7.52. The van der Waals surface area contributed by atoms with Crippen molar-refractivity contribution in [2.75, 3.05) is 5.84 Å². The average molecular weight is 371 g/mol. The summed E-state index contributed by atoms with van der Waals surface area (Å²) in [7, 11) is 0. The van der Waals surface area contributed by atoms with Crippen LogP contribution >= 0.6 is 11.8 Å². The molecule has 0 saturated carbocycles. The van der Waals surface area contributed by atoms with E-state index in [2.05, 4.69) is 40.5 Å². The Labute approximate surface area is 161 Å². The fourth-order valence-corrected chi connectivity index (χ4v) is 3.92. The lowest BCUT2D eigenvalue weighted by Crippen LogP contribution is -2.14. The van der Waals surface area contributed by atoms with Crippen LogP contribution < -0.4 is 5.84 Å². The van der Waals surface area contributed by atoms with Gasteiger partial charge in [-0.3, -0.25) is 0 Å². The largest absolute Gasteiger partial charge is 0.336 e. The van der Waals surface area contributed by atoms with Gasteiger partial charge in [-0.05, 0) is 28.0 Å². The number of hydrogen-bond donors (Lipinski definition) is 1. The standard InChI is InChI=1S/C21H17N5S/c22-13-17-7-1-2-8-18(17)14-27-21-25-24-20(26(21)23)12-16-10-5-9-15-6-3-4-11-19(15)16/h1-11H,12,14,23H2. The molecule has 0 unspecified atom stereocenters. The van der Waals surface area contributed by atoms with Crippen molar-refractivity contribution in [2.24, 2.45) is 0 Å². The number of hydrogen-bond acceptors (Lipinski definition) is 5. The van der Waals surface area contributed by atoms with Crippen LogP contribution in [0.1, 0.15) is 22.5 Å². The maximum atomic E-state index is 9.21. The van der Waals surface area contributed by atoms with Gasteiger partial charge >= 0.3 is 0 Å². The van der Waals surface area contributed by atoms with E-state index in [1.807, 2.05) is 42.5 Å². The van der Waals surface area contributed by atoms with Crippen molar-refractivity contribution in [3.63, 3.8) is 0 Å². The van der Waals surface area contributed by atoms with Gasteiger partial charge in [0.25, 0.3) is 0 Å². The van der Waals surface area contributed by atoms with E-state index in [1.54, 1.807) is 4.68 Å². The van der Waals surface area contributed by atoms with Crippen LogP contribution in [0.3, 0.4) is 0 Å². The third-order valence-corrected chi connectivity index (χ3v) is 5.45. The molecule has 1 heterocycles. The zero-order chi connectivity index (χ0) is 18.6. The van der Waals surface area contributed by atoms with Crippen molar-refractivity contribution < 1.29 is 0 Å². The molecule has 0 saturated heterocycles. The fraction of sp³-hybridized carbons (Fsp3) is 0.0952. The topological polar surface area (TPSA) is 80.5 Å². The van der Waals surface area contributed by atoms with Gasteiger partial charge in [0.1, 0.15) is 0 Å². The maximum absolute atomic E-state index is 9.21. The molecule has 1 aromatic heterocycles. The average Bonchev–Trinajstić information content (AvgIpc) is 3.06. The van der Waals surface area contributed by atoms with Crippen LogP contribution in [-0.2, 0) is 12.2 Å². The van der Waals surface area contributed by atoms with Crippen LogP contribution in [0.2, 0.25) is 0 Å². The molecule has 3 aromatic carbocycles. The Morgan fingerprint density at radius 3 is 2.56 bits per heavy atom. The maximum Gasteiger partial charge on any atom is 0.210 e. The summed E-state index contributed by atoms with van der Waals surface area (Å²) in [5.74, 6) is 7.56. The van der Waals surface area contributed by atoms with Gasteiger partial charge in [-0.25, -0.2) is 4.68 Å². The molecule has 5 nitrogen and oxygen atoms in total. The molecule has 0 aliphatic carbocycles. The molecule has 0 bridgehead atoms. The first-order chi connectivity index (χ1) is 13.3. The molecule has 4 aromatic rings. The molecular formula is C21H17N5S. The summed E-state index contributed by atoms with van der Waals surface area (Å²) in [5.41, 5.74) is 2.80. The van der Waals surface area contributed by atoms with Gasteiger partial charge in [0, 0.05) is 12.2 Å². The predicted octanol–water partition coefficient (Wildman–Crippen LogP) is 3.90. The van der Waals surface area contributed by atoms with Crippen molar-refractivity contribution in [3.05, 3.63) is 89.2 Å². The van der Waals surface area contributed by atoms with E-state index in [9.17, 15) is 5.26 Å². The van der Waals surface area contributed by atoms with Crippen LogP contribution in [-0.4, -0.2) is 14.9 Å². The number of nitriles is 1. The summed E-state index contributed by atoms with van der Waals surface area (Å²) in [4.78, 5) is 0. The Hall–Kier alpha value is -3.30. The monoisotopic (exact) mass is 371 g/mol. The minimum atomic E-state index is 0.611. The normalized spacial score (nSPS) is 10.8. The van der Waals surface area contributed by atoms with Gasteiger partial charge in [0.15, 0.2) is 5.82 Å². The van der Waals surface area contributed by atoms with E-state index in [0.717, 1.165) is 5.56 Å². The van der Waals surface area contributed by atoms with Gasteiger partial charge in [-0.2, -0.15) is 5.26 Å². The van der Waals surface area contributed by atoms with E-state index in [4.69, 9.17) is 5.84 Å². The lowest BCUT2D eigenvalue weighted by molar-refractivity contribution is 0.806. The Balaban J connectivity index is 1.55. The lowest BCUT2D eigenvalue weighted by Gasteiger charge is -2.07. The quantitative estimate of drug-likeness (QED) is 0.425. The van der Waals surface area contributed by atoms with Crippen molar-refractivity contribution in [1.82, 2.24) is 14.9 Å². The molecule has 0 radical (unpaired) electrons. The molecule has 2 N–H and O–H groups in total. The van der Waals surface area contributed by atoms with Crippen molar-refractivity contribution in [1.29, 1.82) is 5.26 Å². The molecular weight excluding hydrogens is 354 g/mol. The van der Waals surface area contributed by atoms with Crippen LogP contribution in [0.4, 0.5) is 0 Å². The molecule has 6 heteroatoms. The third-order valence-electron chi connectivity index (χ3n) is 4.46. The number of thioether (sulfide) groups is 1. The zero-order valence-corrected chi connectivity index (χ0v) is 15.4. The van der Waals surface area contributed by atoms with E-state index in [-0.39, 0.29) is 0 Å². The molecule has 132 valence electrons. The molecule has 0 aliphatic heterocycles. The summed E-state index contributed by atoms with van der Waals surface area (Å²) >= 11 is 1.48. The van der Waals surface area contributed by atoms with E-state index >= 15 is 0 Å². The summed E-state index contributed by atoms with van der Waals surface area (Å²) in [6.07, 6.45) is 0.611. The highest BCUT2D eigenvalue weighted by Crippen LogP contribution is 2.24. The Bertz CT molecular complexity index is 1140. The molecule has 27 heavy (non-hydrogen) atoms.